The molecular formula is C15H21N7OS. The van der Waals surface area contributed by atoms with Crippen LogP contribution in [-0.2, 0) is 11.2 Å². The van der Waals surface area contributed by atoms with Crippen LogP contribution in [0.3, 0.4) is 0 Å². The highest BCUT2D eigenvalue weighted by Crippen LogP contribution is 2.27. The van der Waals surface area contributed by atoms with Gasteiger partial charge in [0.05, 0.1) is 6.54 Å². The van der Waals surface area contributed by atoms with Gasteiger partial charge in [-0.3, -0.25) is 4.79 Å². The van der Waals surface area contributed by atoms with Crippen molar-refractivity contribution in [1.82, 2.24) is 25.1 Å². The molecule has 0 saturated carbocycles. The highest BCUT2D eigenvalue weighted by atomic mass is 32.1. The van der Waals surface area contributed by atoms with Gasteiger partial charge >= 0.3 is 0 Å². The zero-order valence-electron chi connectivity index (χ0n) is 13.8. The first-order valence-electron chi connectivity index (χ1n) is 8.02. The molecule has 1 atom stereocenters. The van der Waals surface area contributed by atoms with Crippen molar-refractivity contribution >= 4 is 28.2 Å². The van der Waals surface area contributed by atoms with Gasteiger partial charge in [-0.1, -0.05) is 18.3 Å². The first-order valence-corrected chi connectivity index (χ1v) is 8.83. The molecule has 2 aromatic heterocycles. The van der Waals surface area contributed by atoms with E-state index in [0.717, 1.165) is 34.5 Å². The number of carbonyl (C=O) groups is 1. The maximum absolute atomic E-state index is 11.7. The van der Waals surface area contributed by atoms with Crippen molar-refractivity contribution in [2.45, 2.75) is 32.6 Å². The van der Waals surface area contributed by atoms with Gasteiger partial charge in [-0.2, -0.15) is 0 Å². The summed E-state index contributed by atoms with van der Waals surface area (Å²) in [5.74, 6) is 1.58. The summed E-state index contributed by atoms with van der Waals surface area (Å²) in [5.41, 5.74) is 6.32. The summed E-state index contributed by atoms with van der Waals surface area (Å²) >= 11 is 1.52. The highest BCUT2D eigenvalue weighted by Gasteiger charge is 2.28. The van der Waals surface area contributed by atoms with E-state index in [4.69, 9.17) is 5.73 Å². The van der Waals surface area contributed by atoms with E-state index in [1.807, 2.05) is 19.9 Å². The van der Waals surface area contributed by atoms with E-state index in [2.05, 4.69) is 25.5 Å². The molecule has 0 bridgehead atoms. The minimum atomic E-state index is -0.0237. The van der Waals surface area contributed by atoms with Crippen molar-refractivity contribution in [3.63, 3.8) is 0 Å². The number of nitrogens with zero attached hydrogens (tertiary/aromatic N) is 5. The summed E-state index contributed by atoms with van der Waals surface area (Å²) in [4.78, 5) is 22.7. The van der Waals surface area contributed by atoms with Crippen molar-refractivity contribution in [1.29, 1.82) is 0 Å². The first kappa shape index (κ1) is 16.7. The van der Waals surface area contributed by atoms with Crippen LogP contribution in [0.15, 0.2) is 6.07 Å². The molecule has 0 spiro atoms. The normalized spacial score (nSPS) is 17.3. The van der Waals surface area contributed by atoms with Crippen molar-refractivity contribution in [3.8, 4) is 0 Å². The number of anilines is 2. The Balaban J connectivity index is 1.75. The number of hydrogen-bond donors (Lipinski definition) is 2. The van der Waals surface area contributed by atoms with E-state index in [-0.39, 0.29) is 18.4 Å². The number of nitrogens with two attached hydrogens (primary N) is 1. The molecule has 1 unspecified atom stereocenters. The molecule has 3 heterocycles. The van der Waals surface area contributed by atoms with E-state index < -0.39 is 0 Å². The van der Waals surface area contributed by atoms with Crippen LogP contribution in [0.25, 0.3) is 0 Å². The van der Waals surface area contributed by atoms with E-state index in [1.165, 1.54) is 11.3 Å². The van der Waals surface area contributed by atoms with Gasteiger partial charge in [-0.25, -0.2) is 9.97 Å². The zero-order valence-corrected chi connectivity index (χ0v) is 14.6. The van der Waals surface area contributed by atoms with Crippen LogP contribution in [0, 0.1) is 6.92 Å². The lowest BCUT2D eigenvalue weighted by molar-refractivity contribution is -0.128. The molecule has 0 aromatic carbocycles. The SMILES string of the molecule is CCc1nnc(Nc2cc(C)nc(C3CCN(C(=O)CN)C3)n2)s1. The number of rotatable bonds is 5. The third-order valence-corrected chi connectivity index (χ3v) is 4.94. The number of likely N-dealkylation sites (tertiary alicyclic amines) is 1. The van der Waals surface area contributed by atoms with Crippen LogP contribution in [-0.4, -0.2) is 50.6 Å². The molecule has 1 aliphatic rings. The topological polar surface area (TPSA) is 110 Å². The van der Waals surface area contributed by atoms with E-state index >= 15 is 0 Å². The molecule has 3 N–H and O–H groups in total. The molecule has 3 rings (SSSR count). The smallest absolute Gasteiger partial charge is 0.236 e. The second-order valence-corrected chi connectivity index (χ2v) is 6.82. The molecule has 24 heavy (non-hydrogen) atoms. The summed E-state index contributed by atoms with van der Waals surface area (Å²) in [5, 5.41) is 13.1. The molecule has 0 radical (unpaired) electrons. The van der Waals surface area contributed by atoms with Gasteiger partial charge in [-0.05, 0) is 19.8 Å². The Labute approximate surface area is 144 Å². The highest BCUT2D eigenvalue weighted by molar-refractivity contribution is 7.15. The maximum Gasteiger partial charge on any atom is 0.236 e. The largest absolute Gasteiger partial charge is 0.341 e. The van der Waals surface area contributed by atoms with Crippen LogP contribution in [0.5, 0.6) is 0 Å². The molecule has 1 aliphatic heterocycles. The van der Waals surface area contributed by atoms with Crippen molar-refractivity contribution in [2.24, 2.45) is 5.73 Å². The van der Waals surface area contributed by atoms with Gasteiger partial charge in [0.2, 0.25) is 11.0 Å². The van der Waals surface area contributed by atoms with Crippen molar-refractivity contribution in [3.05, 3.63) is 22.6 Å². The molecule has 2 aromatic rings. The van der Waals surface area contributed by atoms with Gasteiger partial charge in [0, 0.05) is 30.8 Å². The Morgan fingerprint density at radius 3 is 3.00 bits per heavy atom. The third kappa shape index (κ3) is 3.68. The molecule has 1 amide bonds. The minimum Gasteiger partial charge on any atom is -0.341 e. The summed E-state index contributed by atoms with van der Waals surface area (Å²) in [6.45, 7) is 5.36. The van der Waals surface area contributed by atoms with Crippen molar-refractivity contribution in [2.75, 3.05) is 25.0 Å². The fourth-order valence-electron chi connectivity index (χ4n) is 2.72. The Morgan fingerprint density at radius 1 is 1.46 bits per heavy atom. The number of nitrogens with one attached hydrogen (secondary N) is 1. The minimum absolute atomic E-state index is 0.0237. The summed E-state index contributed by atoms with van der Waals surface area (Å²) in [7, 11) is 0. The lowest BCUT2D eigenvalue weighted by Gasteiger charge is -2.15. The lowest BCUT2D eigenvalue weighted by atomic mass is 10.1. The lowest BCUT2D eigenvalue weighted by Crippen LogP contribution is -2.34. The molecule has 1 fully saturated rings. The number of hydrogen-bond acceptors (Lipinski definition) is 8. The first-order chi connectivity index (χ1) is 11.6. The average Bonchev–Trinajstić information content (AvgIpc) is 3.22. The maximum atomic E-state index is 11.7. The second-order valence-electron chi connectivity index (χ2n) is 5.76. The van der Waals surface area contributed by atoms with Gasteiger partial charge in [0.25, 0.3) is 0 Å². The summed E-state index contributed by atoms with van der Waals surface area (Å²) in [6.07, 6.45) is 1.72. The Kier molecular flexibility index (Phi) is 5.00. The second kappa shape index (κ2) is 7.18. The summed E-state index contributed by atoms with van der Waals surface area (Å²) in [6, 6.07) is 1.88. The molecular weight excluding hydrogens is 326 g/mol. The van der Waals surface area contributed by atoms with Crippen LogP contribution in [0.2, 0.25) is 0 Å². The Morgan fingerprint density at radius 2 is 2.29 bits per heavy atom. The number of aromatic nitrogens is 4. The van der Waals surface area contributed by atoms with Crippen LogP contribution >= 0.6 is 11.3 Å². The van der Waals surface area contributed by atoms with Crippen LogP contribution in [0.4, 0.5) is 10.9 Å². The predicted octanol–water partition coefficient (Wildman–Crippen LogP) is 1.22. The van der Waals surface area contributed by atoms with Gasteiger partial charge < -0.3 is 16.0 Å². The van der Waals surface area contributed by atoms with Gasteiger partial charge in [0.1, 0.15) is 16.6 Å². The average molecular weight is 347 g/mol. The standard InChI is InChI=1S/C15H21N7OS/c1-3-12-20-21-15(24-12)19-11-6-9(2)17-14(18-11)10-4-5-22(8-10)13(23)7-16/h6,10H,3-5,7-8,16H2,1-2H3,(H,17,18,19,21). The Bertz CT molecular complexity index is 732. The molecule has 1 saturated heterocycles. The number of amides is 1. The van der Waals surface area contributed by atoms with Crippen LogP contribution in [0.1, 0.15) is 35.8 Å². The molecule has 8 nitrogen and oxygen atoms in total. The Hall–Kier alpha value is -2.13. The quantitative estimate of drug-likeness (QED) is 0.836. The van der Waals surface area contributed by atoms with Gasteiger partial charge in [-0.15, -0.1) is 10.2 Å². The van der Waals surface area contributed by atoms with Crippen molar-refractivity contribution < 1.29 is 4.79 Å². The fraction of sp³-hybridized carbons (Fsp3) is 0.533. The van der Waals surface area contributed by atoms with E-state index in [9.17, 15) is 4.79 Å². The molecule has 0 aliphatic carbocycles. The van der Waals surface area contributed by atoms with E-state index in [0.29, 0.717) is 18.9 Å². The predicted molar refractivity (Wildman–Crippen MR) is 92.3 cm³/mol. The van der Waals surface area contributed by atoms with E-state index in [1.54, 1.807) is 4.90 Å². The third-order valence-electron chi connectivity index (χ3n) is 3.96. The monoisotopic (exact) mass is 347 g/mol. The zero-order chi connectivity index (χ0) is 17.1. The van der Waals surface area contributed by atoms with Gasteiger partial charge in [0.15, 0.2) is 0 Å². The molecule has 128 valence electrons. The molecule has 9 heteroatoms. The van der Waals surface area contributed by atoms with Crippen LogP contribution < -0.4 is 11.1 Å². The fourth-order valence-corrected chi connectivity index (χ4v) is 3.41. The number of carbonyl (C=O) groups excluding carboxylic acids is 1. The summed E-state index contributed by atoms with van der Waals surface area (Å²) < 4.78 is 0. The number of aryl methyl sites for hydroxylation is 2.